The van der Waals surface area contributed by atoms with Gasteiger partial charge in [-0.15, -0.1) is 0 Å². The molecule has 2 aliphatic rings. The Morgan fingerprint density at radius 3 is 2.54 bits per heavy atom. The smallest absolute Gasteiger partial charge is 0.408 e. The molecule has 6 nitrogen and oxygen atoms in total. The summed E-state index contributed by atoms with van der Waals surface area (Å²) in [6.45, 7) is 12.2. The van der Waals surface area contributed by atoms with Gasteiger partial charge in [0.15, 0.2) is 0 Å². The van der Waals surface area contributed by atoms with Gasteiger partial charge in [-0.3, -0.25) is 0 Å². The first kappa shape index (κ1) is 21.8. The Balaban J connectivity index is 1.66. The number of aromatic nitrogens is 1. The quantitative estimate of drug-likeness (QED) is 0.498. The third-order valence-electron chi connectivity index (χ3n) is 6.14. The molecular weight excluding hydrogens is 422 g/mol. The van der Waals surface area contributed by atoms with Crippen molar-refractivity contribution in [2.24, 2.45) is 0 Å². The molecule has 0 aliphatic carbocycles. The summed E-state index contributed by atoms with van der Waals surface area (Å²) in [6, 6.07) is 1.88. The normalized spacial score (nSPS) is 29.5. The summed E-state index contributed by atoms with van der Waals surface area (Å²) in [6.07, 6.45) is 6.82. The number of H-pyrrole nitrogens is 1. The summed E-state index contributed by atoms with van der Waals surface area (Å²) in [5.41, 5.74) is 0.432. The van der Waals surface area contributed by atoms with Crippen molar-refractivity contribution in [3.63, 3.8) is 0 Å². The van der Waals surface area contributed by atoms with E-state index < -0.39 is 25.2 Å². The highest BCUT2D eigenvalue weighted by Gasteiger charge is 2.62. The SMILES string of the molecule is CC1OB(B2OC(C)(C)C(C)(CC/C=C(/Br)c3[nH]ccc3C=N)O2)OC1(C)C. The van der Waals surface area contributed by atoms with E-state index in [-0.39, 0.29) is 11.7 Å². The fraction of sp³-hybridized carbons (Fsp3) is 0.632. The molecule has 1 aromatic rings. The molecule has 2 saturated heterocycles. The zero-order valence-corrected chi connectivity index (χ0v) is 19.1. The molecule has 2 atom stereocenters. The summed E-state index contributed by atoms with van der Waals surface area (Å²) in [4.78, 5) is 3.16. The van der Waals surface area contributed by atoms with Crippen LogP contribution in [0.3, 0.4) is 0 Å². The van der Waals surface area contributed by atoms with Crippen LogP contribution in [0.25, 0.3) is 4.48 Å². The molecule has 2 N–H and O–H groups in total. The van der Waals surface area contributed by atoms with E-state index >= 15 is 0 Å². The van der Waals surface area contributed by atoms with Gasteiger partial charge in [-0.1, -0.05) is 6.08 Å². The maximum Gasteiger partial charge on any atom is 0.488 e. The minimum absolute atomic E-state index is 0.0256. The minimum atomic E-state index is -0.551. The average Bonchev–Trinajstić information content (AvgIpc) is 3.24. The van der Waals surface area contributed by atoms with Crippen LogP contribution in [0.4, 0.5) is 0 Å². The van der Waals surface area contributed by atoms with Crippen LogP contribution >= 0.6 is 15.9 Å². The summed E-state index contributed by atoms with van der Waals surface area (Å²) in [5, 5.41) is 7.48. The molecule has 0 spiro atoms. The largest absolute Gasteiger partial charge is 0.488 e. The van der Waals surface area contributed by atoms with Gasteiger partial charge in [-0.05, 0) is 76.4 Å². The highest BCUT2D eigenvalue weighted by Crippen LogP contribution is 2.43. The lowest BCUT2D eigenvalue weighted by atomic mass is 9.49. The second-order valence-electron chi connectivity index (χ2n) is 8.76. The van der Waals surface area contributed by atoms with E-state index in [1.807, 2.05) is 46.9 Å². The number of hydrogen-bond donors (Lipinski definition) is 2. The van der Waals surface area contributed by atoms with Crippen molar-refractivity contribution in [2.75, 3.05) is 0 Å². The summed E-state index contributed by atoms with van der Waals surface area (Å²) < 4.78 is 25.5. The van der Waals surface area contributed by atoms with Crippen LogP contribution in [0.1, 0.15) is 65.6 Å². The second kappa shape index (κ2) is 7.76. The predicted molar refractivity (Wildman–Crippen MR) is 117 cm³/mol. The van der Waals surface area contributed by atoms with E-state index in [1.165, 1.54) is 6.21 Å². The Kier molecular flexibility index (Phi) is 6.05. The highest BCUT2D eigenvalue weighted by molar-refractivity contribution is 9.15. The maximum absolute atomic E-state index is 7.48. The van der Waals surface area contributed by atoms with E-state index in [9.17, 15) is 0 Å². The van der Waals surface area contributed by atoms with E-state index in [2.05, 4.69) is 33.9 Å². The molecule has 0 bridgehead atoms. The minimum Gasteiger partial charge on any atom is -0.408 e. The molecule has 0 amide bonds. The Hall–Kier alpha value is -0.860. The van der Waals surface area contributed by atoms with Gasteiger partial charge in [0.2, 0.25) is 0 Å². The molecule has 152 valence electrons. The molecule has 9 heteroatoms. The van der Waals surface area contributed by atoms with Gasteiger partial charge in [0, 0.05) is 22.5 Å². The van der Waals surface area contributed by atoms with Gasteiger partial charge in [0.1, 0.15) is 0 Å². The molecule has 0 saturated carbocycles. The molecule has 28 heavy (non-hydrogen) atoms. The Bertz CT molecular complexity index is 767. The fourth-order valence-corrected chi connectivity index (χ4v) is 4.07. The molecule has 2 fully saturated rings. The van der Waals surface area contributed by atoms with Gasteiger partial charge >= 0.3 is 14.0 Å². The monoisotopic (exact) mass is 450 g/mol. The van der Waals surface area contributed by atoms with Crippen LogP contribution in [-0.4, -0.2) is 48.1 Å². The number of nitrogens with one attached hydrogen (secondary N) is 2. The van der Waals surface area contributed by atoms with Crippen molar-refractivity contribution >= 4 is 40.6 Å². The van der Waals surface area contributed by atoms with Crippen molar-refractivity contribution in [3.05, 3.63) is 29.6 Å². The summed E-state index contributed by atoms with van der Waals surface area (Å²) in [5.74, 6) is 0. The van der Waals surface area contributed by atoms with Crippen LogP contribution in [0.2, 0.25) is 0 Å². The van der Waals surface area contributed by atoms with E-state index in [0.29, 0.717) is 0 Å². The number of aromatic amines is 1. The van der Waals surface area contributed by atoms with Crippen molar-refractivity contribution in [1.29, 1.82) is 5.41 Å². The van der Waals surface area contributed by atoms with Crippen LogP contribution in [0, 0.1) is 5.41 Å². The molecule has 1 aromatic heterocycles. The van der Waals surface area contributed by atoms with Crippen molar-refractivity contribution < 1.29 is 18.6 Å². The van der Waals surface area contributed by atoms with Gasteiger partial charge < -0.3 is 29.0 Å². The van der Waals surface area contributed by atoms with Crippen LogP contribution in [0.15, 0.2) is 18.3 Å². The zero-order valence-electron chi connectivity index (χ0n) is 17.5. The Labute approximate surface area is 176 Å². The maximum atomic E-state index is 7.48. The van der Waals surface area contributed by atoms with Crippen molar-refractivity contribution in [2.45, 2.75) is 77.3 Å². The highest BCUT2D eigenvalue weighted by atomic mass is 79.9. The van der Waals surface area contributed by atoms with Crippen molar-refractivity contribution in [1.82, 2.24) is 4.98 Å². The second-order valence-corrected chi connectivity index (χ2v) is 9.61. The molecule has 3 rings (SSSR count). The number of halogens is 1. The fourth-order valence-electron chi connectivity index (χ4n) is 3.50. The average molecular weight is 451 g/mol. The van der Waals surface area contributed by atoms with Gasteiger partial charge in [0.05, 0.1) is 28.6 Å². The predicted octanol–water partition coefficient (Wildman–Crippen LogP) is 4.38. The van der Waals surface area contributed by atoms with E-state index in [4.69, 9.17) is 24.0 Å². The third kappa shape index (κ3) is 4.05. The molecular formula is C19H29B2BrN2O4. The summed E-state index contributed by atoms with van der Waals surface area (Å²) in [7, 11) is -1.08. The summed E-state index contributed by atoms with van der Waals surface area (Å²) >= 11 is 3.61. The number of rotatable bonds is 6. The van der Waals surface area contributed by atoms with E-state index in [1.54, 1.807) is 0 Å². The lowest BCUT2D eigenvalue weighted by Gasteiger charge is -2.36. The Morgan fingerprint density at radius 2 is 1.93 bits per heavy atom. The van der Waals surface area contributed by atoms with Crippen LogP contribution in [0.5, 0.6) is 0 Å². The van der Waals surface area contributed by atoms with Gasteiger partial charge in [-0.2, -0.15) is 0 Å². The number of hydrogen-bond acceptors (Lipinski definition) is 5. The first-order chi connectivity index (χ1) is 13.0. The third-order valence-corrected chi connectivity index (χ3v) is 6.86. The lowest BCUT2D eigenvalue weighted by Crippen LogP contribution is -2.44. The molecule has 2 unspecified atom stereocenters. The lowest BCUT2D eigenvalue weighted by molar-refractivity contribution is -0.0147. The van der Waals surface area contributed by atoms with Crippen LogP contribution < -0.4 is 0 Å². The van der Waals surface area contributed by atoms with Crippen molar-refractivity contribution in [3.8, 4) is 0 Å². The molecule has 2 aliphatic heterocycles. The molecule has 0 aromatic carbocycles. The molecule has 3 heterocycles. The zero-order chi connectivity index (χ0) is 20.7. The first-order valence-electron chi connectivity index (χ1n) is 9.72. The Morgan fingerprint density at radius 1 is 1.21 bits per heavy atom. The van der Waals surface area contributed by atoms with Crippen LogP contribution in [-0.2, 0) is 18.6 Å². The standard InChI is InChI=1S/C19H29B2BrN2O4/c1-13-17(2,3)26-20(25-13)21-27-18(4,5)19(6,28-21)10-7-8-15(22)16-14(12-23)9-11-24-16/h8-9,11-13,23-24H,7,10H2,1-6H3/b15-8+,23-12?. The van der Waals surface area contributed by atoms with Gasteiger partial charge in [-0.25, -0.2) is 0 Å². The molecule has 0 radical (unpaired) electrons. The topological polar surface area (TPSA) is 76.6 Å². The first-order valence-corrected chi connectivity index (χ1v) is 10.5. The van der Waals surface area contributed by atoms with E-state index in [0.717, 1.165) is 28.6 Å². The van der Waals surface area contributed by atoms with Gasteiger partial charge in [0.25, 0.3) is 0 Å². The number of allylic oxidation sites excluding steroid dienone is 1.